The molecule has 8 nitrogen and oxygen atoms in total. The smallest absolute Gasteiger partial charge is 0.240 e. The van der Waals surface area contributed by atoms with Gasteiger partial charge in [0.1, 0.15) is 5.01 Å². The van der Waals surface area contributed by atoms with Gasteiger partial charge in [-0.1, -0.05) is 24.3 Å². The number of ether oxygens (including phenoxy) is 2. The largest absolute Gasteiger partial charge is 0.477 e. The van der Waals surface area contributed by atoms with E-state index in [0.29, 0.717) is 48.4 Å². The minimum atomic E-state index is -0.777. The van der Waals surface area contributed by atoms with Gasteiger partial charge in [-0.25, -0.2) is 9.88 Å². The van der Waals surface area contributed by atoms with Crippen molar-refractivity contribution in [2.75, 3.05) is 11.5 Å². The van der Waals surface area contributed by atoms with E-state index in [4.69, 9.17) is 9.47 Å². The molecule has 5 heterocycles. The van der Waals surface area contributed by atoms with Crippen LogP contribution in [0.4, 0.5) is 5.69 Å². The Morgan fingerprint density at radius 2 is 1.82 bits per heavy atom. The van der Waals surface area contributed by atoms with E-state index in [0.717, 1.165) is 20.8 Å². The summed E-state index contributed by atoms with van der Waals surface area (Å²) in [6.45, 7) is 4.25. The maximum absolute atomic E-state index is 14.1. The van der Waals surface area contributed by atoms with E-state index in [1.54, 1.807) is 35.9 Å². The number of fused-ring (bicyclic) bond motifs is 6. The van der Waals surface area contributed by atoms with Crippen molar-refractivity contribution in [1.29, 1.82) is 5.26 Å². The number of carbonyl (C=O) groups excluding carboxylic acids is 2. The van der Waals surface area contributed by atoms with Crippen LogP contribution in [0, 0.1) is 30.1 Å². The third-order valence-corrected chi connectivity index (χ3v) is 9.72. The Hall–Kier alpha value is -4.13. The zero-order valence-electron chi connectivity index (χ0n) is 22.1. The molecule has 4 atom stereocenters. The molecule has 3 saturated heterocycles. The number of hydrogen-bond donors (Lipinski definition) is 0. The molecular weight excluding hydrogens is 524 g/mol. The molecule has 200 valence electrons. The maximum Gasteiger partial charge on any atom is 0.240 e. The lowest BCUT2D eigenvalue weighted by atomic mass is 9.67. The monoisotopic (exact) mass is 550 g/mol. The first-order valence-electron chi connectivity index (χ1n) is 13.4. The number of anilines is 1. The molecule has 2 aromatic heterocycles. The summed E-state index contributed by atoms with van der Waals surface area (Å²) >= 11 is 1.56. The summed E-state index contributed by atoms with van der Waals surface area (Å²) in [5.41, 5.74) is 0.526. The first kappa shape index (κ1) is 24.9. The third kappa shape index (κ3) is 3.53. The zero-order chi connectivity index (χ0) is 27.6. The van der Waals surface area contributed by atoms with Crippen molar-refractivity contribution >= 4 is 39.6 Å². The van der Waals surface area contributed by atoms with Gasteiger partial charge < -0.3 is 9.47 Å². The van der Waals surface area contributed by atoms with Crippen LogP contribution in [0.25, 0.3) is 21.3 Å². The third-order valence-electron chi connectivity index (χ3n) is 8.72. The van der Waals surface area contributed by atoms with Crippen LogP contribution in [0.1, 0.15) is 36.6 Å². The van der Waals surface area contributed by atoms with E-state index in [2.05, 4.69) is 16.0 Å². The summed E-state index contributed by atoms with van der Waals surface area (Å²) in [5, 5.41) is 11.9. The van der Waals surface area contributed by atoms with Crippen molar-refractivity contribution in [1.82, 2.24) is 9.97 Å². The van der Waals surface area contributed by atoms with Crippen molar-refractivity contribution in [2.45, 2.75) is 44.3 Å². The summed E-state index contributed by atoms with van der Waals surface area (Å²) in [5.74, 6) is -1.03. The van der Waals surface area contributed by atoms with Crippen LogP contribution in [0.15, 0.2) is 60.9 Å². The second-order valence-electron chi connectivity index (χ2n) is 11.0. The molecule has 3 fully saturated rings. The number of thiazole rings is 1. The Kier molecular flexibility index (Phi) is 5.56. The minimum Gasteiger partial charge on any atom is -0.477 e. The fraction of sp³-hybridized carbons (Fsp3) is 0.323. The van der Waals surface area contributed by atoms with Gasteiger partial charge in [-0.2, -0.15) is 5.26 Å². The number of aryl methyl sites for hydroxylation is 1. The molecule has 0 aliphatic carbocycles. The Balaban J connectivity index is 1.17. The fourth-order valence-electron chi connectivity index (χ4n) is 6.88. The highest BCUT2D eigenvalue weighted by atomic mass is 32.1. The lowest BCUT2D eigenvalue weighted by molar-refractivity contribution is -0.131. The van der Waals surface area contributed by atoms with Crippen molar-refractivity contribution in [3.8, 4) is 22.5 Å². The molecule has 0 unspecified atom stereocenters. The van der Waals surface area contributed by atoms with Gasteiger partial charge >= 0.3 is 0 Å². The molecule has 40 heavy (non-hydrogen) atoms. The number of aromatic nitrogens is 2. The molecule has 2 amide bonds. The Bertz CT molecular complexity index is 1730. The second kappa shape index (κ2) is 8.95. The molecule has 7 rings (SSSR count). The van der Waals surface area contributed by atoms with E-state index in [9.17, 15) is 14.9 Å². The van der Waals surface area contributed by atoms with Crippen LogP contribution in [0.2, 0.25) is 0 Å². The molecule has 0 saturated carbocycles. The first-order chi connectivity index (χ1) is 19.3. The van der Waals surface area contributed by atoms with Crippen LogP contribution < -0.4 is 9.64 Å². The van der Waals surface area contributed by atoms with E-state index < -0.39 is 23.0 Å². The summed E-state index contributed by atoms with van der Waals surface area (Å²) in [6, 6.07) is 16.8. The molecule has 9 heteroatoms. The number of hydrogen-bond acceptors (Lipinski definition) is 8. The van der Waals surface area contributed by atoms with Crippen molar-refractivity contribution < 1.29 is 19.1 Å². The molecule has 2 bridgehead atoms. The van der Waals surface area contributed by atoms with Gasteiger partial charge in [0.05, 0.1) is 51.8 Å². The Morgan fingerprint density at radius 3 is 2.60 bits per heavy atom. The van der Waals surface area contributed by atoms with Crippen LogP contribution >= 0.6 is 11.3 Å². The second-order valence-corrected chi connectivity index (χ2v) is 12.2. The molecule has 3 aliphatic heterocycles. The average Bonchev–Trinajstić information content (AvgIpc) is 3.67. The predicted molar refractivity (Wildman–Crippen MR) is 150 cm³/mol. The number of amides is 2. The highest BCUT2D eigenvalue weighted by Crippen LogP contribution is 2.62. The van der Waals surface area contributed by atoms with Crippen LogP contribution in [-0.2, 0) is 14.3 Å². The lowest BCUT2D eigenvalue weighted by Gasteiger charge is -2.31. The summed E-state index contributed by atoms with van der Waals surface area (Å²) in [7, 11) is 0. The van der Waals surface area contributed by atoms with E-state index in [-0.39, 0.29) is 11.8 Å². The lowest BCUT2D eigenvalue weighted by Crippen LogP contribution is -2.43. The van der Waals surface area contributed by atoms with Crippen LogP contribution in [0.5, 0.6) is 5.88 Å². The van der Waals surface area contributed by atoms with E-state index >= 15 is 0 Å². The molecule has 4 aromatic rings. The van der Waals surface area contributed by atoms with Gasteiger partial charge in [-0.3, -0.25) is 14.6 Å². The molecule has 0 N–H and O–H groups in total. The SMILES string of the molecule is Cc1sc(-c2ccncc2)nc1OCC[C@@]12CC[C@@](C)(O1)[C@H]1C(=O)N(c3ccc(C#N)c4ccccc34)C(=O)[C@H]12. The zero-order valence-corrected chi connectivity index (χ0v) is 22.9. The van der Waals surface area contributed by atoms with Crippen molar-refractivity contribution in [3.63, 3.8) is 0 Å². The molecule has 3 aliphatic rings. The number of nitrogens with zero attached hydrogens (tertiary/aromatic N) is 4. The first-order valence-corrected chi connectivity index (χ1v) is 14.2. The topological polar surface area (TPSA) is 105 Å². The van der Waals surface area contributed by atoms with Gasteiger partial charge in [0.25, 0.3) is 0 Å². The predicted octanol–water partition coefficient (Wildman–Crippen LogP) is 5.43. The van der Waals surface area contributed by atoms with Crippen LogP contribution in [0.3, 0.4) is 0 Å². The van der Waals surface area contributed by atoms with Gasteiger partial charge in [0, 0.05) is 35.2 Å². The van der Waals surface area contributed by atoms with Gasteiger partial charge in [-0.15, -0.1) is 11.3 Å². The summed E-state index contributed by atoms with van der Waals surface area (Å²) < 4.78 is 12.7. The fourth-order valence-corrected chi connectivity index (χ4v) is 7.74. The highest BCUT2D eigenvalue weighted by Gasteiger charge is 2.73. The quantitative estimate of drug-likeness (QED) is 0.295. The number of pyridine rings is 1. The standard InChI is InChI=1S/C31H26N4O4S/c1-18-26(34-27(40-18)19-9-14-33-15-10-19)38-16-13-31-12-11-30(2,39-31)24-25(31)29(37)35(28(24)36)23-8-7-20(17-32)21-5-3-4-6-22(21)23/h3-10,14-15,24-25H,11-13,16H2,1-2H3/t24-,25+,30-,31-/m1/s1. The summed E-state index contributed by atoms with van der Waals surface area (Å²) in [6.07, 6.45) is 5.35. The van der Waals surface area contributed by atoms with Gasteiger partial charge in [-0.05, 0) is 51.0 Å². The van der Waals surface area contributed by atoms with E-state index in [1.165, 1.54) is 4.90 Å². The number of imide groups is 1. The van der Waals surface area contributed by atoms with Gasteiger partial charge in [0.2, 0.25) is 17.7 Å². The Labute approximate surface area is 235 Å². The van der Waals surface area contributed by atoms with Crippen molar-refractivity contribution in [3.05, 3.63) is 71.4 Å². The van der Waals surface area contributed by atoms with Crippen molar-refractivity contribution in [2.24, 2.45) is 11.8 Å². The maximum atomic E-state index is 14.1. The number of carbonyl (C=O) groups is 2. The average molecular weight is 551 g/mol. The highest BCUT2D eigenvalue weighted by molar-refractivity contribution is 7.15. The number of nitriles is 1. The molecular formula is C31H26N4O4S. The normalized spacial score (nSPS) is 26.9. The number of rotatable bonds is 6. The van der Waals surface area contributed by atoms with E-state index in [1.807, 2.05) is 50.2 Å². The van der Waals surface area contributed by atoms with Crippen LogP contribution in [-0.4, -0.2) is 39.6 Å². The Morgan fingerprint density at radius 1 is 1.07 bits per heavy atom. The number of benzene rings is 2. The molecule has 0 spiro atoms. The van der Waals surface area contributed by atoms with Gasteiger partial charge in [0.15, 0.2) is 0 Å². The molecule has 0 radical (unpaired) electrons. The molecule has 2 aromatic carbocycles. The minimum absolute atomic E-state index is 0.229. The summed E-state index contributed by atoms with van der Waals surface area (Å²) in [4.78, 5) is 39.1.